The summed E-state index contributed by atoms with van der Waals surface area (Å²) in [4.78, 5) is 16.3. The molecule has 0 spiro atoms. The summed E-state index contributed by atoms with van der Waals surface area (Å²) in [5, 5.41) is 13.5. The monoisotopic (exact) mass is 438 g/mol. The van der Waals surface area contributed by atoms with Gasteiger partial charge in [0.1, 0.15) is 0 Å². The van der Waals surface area contributed by atoms with Crippen LogP contribution in [-0.2, 0) is 4.79 Å². The van der Waals surface area contributed by atoms with E-state index in [1.54, 1.807) is 23.9 Å². The summed E-state index contributed by atoms with van der Waals surface area (Å²) in [7, 11) is 0. The third-order valence-electron chi connectivity index (χ3n) is 6.01. The number of aromatic hydroxyl groups is 1. The molecule has 1 saturated heterocycles. The largest absolute Gasteiger partial charge is 0.504 e. The van der Waals surface area contributed by atoms with Crippen molar-refractivity contribution in [2.45, 2.75) is 51.1 Å². The van der Waals surface area contributed by atoms with E-state index >= 15 is 0 Å². The molecule has 2 N–H and O–H groups in total. The third kappa shape index (κ3) is 4.85. The predicted octanol–water partition coefficient (Wildman–Crippen LogP) is 5.68. The minimum atomic E-state index is -0.143. The first-order chi connectivity index (χ1) is 15.1. The van der Waals surface area contributed by atoms with Crippen LogP contribution in [0.4, 0.5) is 5.69 Å². The molecule has 1 unspecified atom stereocenters. The number of anilines is 1. The van der Waals surface area contributed by atoms with Gasteiger partial charge >= 0.3 is 0 Å². The molecule has 0 aromatic heterocycles. The van der Waals surface area contributed by atoms with E-state index in [0.29, 0.717) is 23.2 Å². The van der Waals surface area contributed by atoms with E-state index in [1.165, 1.54) is 6.42 Å². The van der Waals surface area contributed by atoms with Crippen LogP contribution in [-0.4, -0.2) is 34.1 Å². The minimum Gasteiger partial charge on any atom is -0.504 e. The van der Waals surface area contributed by atoms with E-state index < -0.39 is 0 Å². The fraction of sp³-hybridized carbons (Fsp3) is 0.400. The van der Waals surface area contributed by atoms with Gasteiger partial charge in [-0.25, -0.2) is 0 Å². The second kappa shape index (κ2) is 9.69. The zero-order valence-electron chi connectivity index (χ0n) is 18.1. The molecule has 1 aliphatic carbocycles. The van der Waals surface area contributed by atoms with Gasteiger partial charge in [-0.1, -0.05) is 55.8 Å². The Hall–Kier alpha value is -2.60. The predicted molar refractivity (Wildman–Crippen MR) is 127 cm³/mol. The molecule has 0 bridgehead atoms. The number of para-hydroxylation sites is 1. The van der Waals surface area contributed by atoms with E-state index in [9.17, 15) is 9.90 Å². The molecule has 2 fully saturated rings. The normalized spacial score (nSPS) is 25.1. The van der Waals surface area contributed by atoms with E-state index in [-0.39, 0.29) is 23.2 Å². The van der Waals surface area contributed by atoms with Crippen molar-refractivity contribution in [3.8, 4) is 11.5 Å². The molecule has 1 saturated carbocycles. The molecule has 1 amide bonds. The number of nitrogens with one attached hydrogen (secondary N) is 1. The summed E-state index contributed by atoms with van der Waals surface area (Å²) >= 11 is 1.56. The number of ether oxygens (including phenoxy) is 1. The van der Waals surface area contributed by atoms with Gasteiger partial charge in [0.15, 0.2) is 17.0 Å². The van der Waals surface area contributed by atoms with E-state index in [1.807, 2.05) is 49.4 Å². The number of carbonyl (C=O) groups excluding carboxylic acids is 1. The van der Waals surface area contributed by atoms with Crippen molar-refractivity contribution in [2.24, 2.45) is 5.92 Å². The lowest BCUT2D eigenvalue weighted by atomic mass is 9.85. The van der Waals surface area contributed by atoms with Crippen LogP contribution in [0.15, 0.2) is 53.4 Å². The SMILES string of the molecule is CCOc1cc(/C=C2\SC(Nc3ccccc3)N([C@@H]3CCCC[C@H]3C)C2=O)ccc1O. The highest BCUT2D eigenvalue weighted by Gasteiger charge is 2.42. The Kier molecular flexibility index (Phi) is 6.76. The summed E-state index contributed by atoms with van der Waals surface area (Å²) in [5.41, 5.74) is 1.70. The standard InChI is InChI=1S/C25H30N2O3S/c1-3-30-22-15-18(13-14-21(22)28)16-23-24(29)27(20-12-8-7-9-17(20)2)25(31-23)26-19-10-5-4-6-11-19/h4-6,10-11,13-17,20,25-26,28H,3,7-9,12H2,1-2H3/b23-16-/t17-,20-,25?/m1/s1. The number of hydrogen-bond acceptors (Lipinski definition) is 5. The zero-order valence-corrected chi connectivity index (χ0v) is 18.9. The van der Waals surface area contributed by atoms with Gasteiger partial charge in [0.05, 0.1) is 11.5 Å². The van der Waals surface area contributed by atoms with Crippen LogP contribution in [0.2, 0.25) is 0 Å². The molecule has 3 atom stereocenters. The molecule has 1 aliphatic heterocycles. The summed E-state index contributed by atoms with van der Waals surface area (Å²) < 4.78 is 5.51. The molecule has 1 heterocycles. The second-order valence-electron chi connectivity index (χ2n) is 8.19. The number of nitrogens with zero attached hydrogens (tertiary/aromatic N) is 1. The second-order valence-corrected chi connectivity index (χ2v) is 9.31. The van der Waals surface area contributed by atoms with Crippen LogP contribution in [0.25, 0.3) is 6.08 Å². The number of thioether (sulfide) groups is 1. The number of phenolic OH excluding ortho intramolecular Hbond substituents is 1. The molecule has 4 rings (SSSR count). The fourth-order valence-electron chi connectivity index (χ4n) is 4.41. The van der Waals surface area contributed by atoms with E-state index in [4.69, 9.17) is 4.74 Å². The third-order valence-corrected chi connectivity index (χ3v) is 7.12. The van der Waals surface area contributed by atoms with Gasteiger partial charge in [0, 0.05) is 11.7 Å². The summed E-state index contributed by atoms with van der Waals surface area (Å²) in [5.74, 6) is 1.10. The van der Waals surface area contributed by atoms with Crippen molar-refractivity contribution in [3.05, 3.63) is 59.0 Å². The molecular weight excluding hydrogens is 408 g/mol. The number of hydrogen-bond donors (Lipinski definition) is 2. The Morgan fingerprint density at radius 2 is 1.97 bits per heavy atom. The molecule has 2 aromatic rings. The maximum absolute atomic E-state index is 13.5. The Labute approximate surface area is 188 Å². The van der Waals surface area contributed by atoms with Crippen molar-refractivity contribution in [1.29, 1.82) is 0 Å². The number of benzene rings is 2. The van der Waals surface area contributed by atoms with Gasteiger partial charge in [0.25, 0.3) is 5.91 Å². The van der Waals surface area contributed by atoms with Crippen molar-refractivity contribution >= 4 is 29.4 Å². The molecule has 6 heteroatoms. The Morgan fingerprint density at radius 1 is 1.19 bits per heavy atom. The molecule has 164 valence electrons. The molecule has 31 heavy (non-hydrogen) atoms. The maximum Gasteiger partial charge on any atom is 0.262 e. The van der Waals surface area contributed by atoms with E-state index in [0.717, 1.165) is 30.5 Å². The zero-order chi connectivity index (χ0) is 21.8. The highest BCUT2D eigenvalue weighted by atomic mass is 32.2. The van der Waals surface area contributed by atoms with Crippen molar-refractivity contribution in [3.63, 3.8) is 0 Å². The first-order valence-corrected chi connectivity index (χ1v) is 11.9. The van der Waals surface area contributed by atoms with Crippen molar-refractivity contribution < 1.29 is 14.6 Å². The molecular formula is C25H30N2O3S. The number of rotatable bonds is 6. The van der Waals surface area contributed by atoms with Crippen LogP contribution in [0.3, 0.4) is 0 Å². The molecule has 0 radical (unpaired) electrons. The Bertz CT molecular complexity index is 947. The smallest absolute Gasteiger partial charge is 0.262 e. The quantitative estimate of drug-likeness (QED) is 0.568. The highest BCUT2D eigenvalue weighted by molar-refractivity contribution is 8.05. The molecule has 2 aliphatic rings. The summed E-state index contributed by atoms with van der Waals surface area (Å²) in [6.07, 6.45) is 6.51. The minimum absolute atomic E-state index is 0.0724. The lowest BCUT2D eigenvalue weighted by Crippen LogP contribution is -2.48. The Morgan fingerprint density at radius 3 is 2.71 bits per heavy atom. The average Bonchev–Trinajstić information content (AvgIpc) is 3.06. The Balaban J connectivity index is 1.64. The van der Waals surface area contributed by atoms with Crippen molar-refractivity contribution in [2.75, 3.05) is 11.9 Å². The average molecular weight is 439 g/mol. The van der Waals surface area contributed by atoms with Gasteiger partial charge in [0.2, 0.25) is 0 Å². The van der Waals surface area contributed by atoms with Crippen LogP contribution in [0.5, 0.6) is 11.5 Å². The van der Waals surface area contributed by atoms with Gasteiger partial charge in [-0.2, -0.15) is 0 Å². The fourth-order valence-corrected chi connectivity index (χ4v) is 5.62. The molecule has 5 nitrogen and oxygen atoms in total. The van der Waals surface area contributed by atoms with Crippen molar-refractivity contribution in [1.82, 2.24) is 4.90 Å². The lowest BCUT2D eigenvalue weighted by molar-refractivity contribution is -0.129. The van der Waals surface area contributed by atoms with Gasteiger partial charge in [-0.15, -0.1) is 0 Å². The summed E-state index contributed by atoms with van der Waals surface area (Å²) in [6.45, 7) is 4.61. The van der Waals surface area contributed by atoms with Gasteiger partial charge < -0.3 is 20.1 Å². The lowest BCUT2D eigenvalue weighted by Gasteiger charge is -2.39. The van der Waals surface area contributed by atoms with Crippen LogP contribution >= 0.6 is 11.8 Å². The first-order valence-electron chi connectivity index (χ1n) is 11.0. The molecule has 2 aromatic carbocycles. The van der Waals surface area contributed by atoms with Gasteiger partial charge in [-0.05, 0) is 61.6 Å². The number of amides is 1. The van der Waals surface area contributed by atoms with Crippen LogP contribution < -0.4 is 10.1 Å². The van der Waals surface area contributed by atoms with E-state index in [2.05, 4.69) is 17.1 Å². The highest BCUT2D eigenvalue weighted by Crippen LogP contribution is 2.42. The number of phenols is 1. The maximum atomic E-state index is 13.5. The number of carbonyl (C=O) groups is 1. The van der Waals surface area contributed by atoms with Crippen LogP contribution in [0.1, 0.15) is 45.1 Å². The summed E-state index contributed by atoms with van der Waals surface area (Å²) in [6, 6.07) is 15.5. The topological polar surface area (TPSA) is 61.8 Å². The first kappa shape index (κ1) is 21.6. The van der Waals surface area contributed by atoms with Gasteiger partial charge in [-0.3, -0.25) is 4.79 Å². The van der Waals surface area contributed by atoms with Crippen LogP contribution in [0, 0.1) is 5.92 Å².